The van der Waals surface area contributed by atoms with E-state index in [2.05, 4.69) is 0 Å². The maximum Gasteiger partial charge on any atom is 0.428 e. The normalized spacial score (nSPS) is 18.4. The van der Waals surface area contributed by atoms with E-state index in [0.29, 0.717) is 19.4 Å². The molecule has 0 aliphatic heterocycles. The molecule has 1 fully saturated rings. The Morgan fingerprint density at radius 3 is 2.22 bits per heavy atom. The Morgan fingerprint density at radius 1 is 1.39 bits per heavy atom. The molecule has 0 N–H and O–H groups in total. The van der Waals surface area contributed by atoms with Crippen molar-refractivity contribution in [3.05, 3.63) is 0 Å². The molecule has 0 saturated heterocycles. The molecule has 0 bridgehead atoms. The standard InChI is InChI=1S/C12H20F3NO2/c1-4-8-16(9(2)3)10(17)18-11(6-5-7-11)12(13,14)15/h9H,4-8H2,1-3H3. The Morgan fingerprint density at radius 2 is 1.94 bits per heavy atom. The maximum atomic E-state index is 12.9. The highest BCUT2D eigenvalue weighted by Gasteiger charge is 2.62. The van der Waals surface area contributed by atoms with Gasteiger partial charge in [0.2, 0.25) is 5.60 Å². The number of carbonyl (C=O) groups is 1. The first-order chi connectivity index (χ1) is 8.23. The zero-order valence-corrected chi connectivity index (χ0v) is 11.0. The van der Waals surface area contributed by atoms with Crippen LogP contribution in [0.3, 0.4) is 0 Å². The number of halogens is 3. The average molecular weight is 267 g/mol. The Kier molecular flexibility index (Phi) is 4.50. The van der Waals surface area contributed by atoms with E-state index in [0.717, 1.165) is 0 Å². The number of nitrogens with zero attached hydrogens (tertiary/aromatic N) is 1. The molecule has 18 heavy (non-hydrogen) atoms. The monoisotopic (exact) mass is 267 g/mol. The average Bonchev–Trinajstić information content (AvgIpc) is 2.17. The second-order valence-corrected chi connectivity index (χ2v) is 5.00. The Balaban J connectivity index is 2.73. The first kappa shape index (κ1) is 15.1. The van der Waals surface area contributed by atoms with E-state index >= 15 is 0 Å². The molecule has 0 aromatic carbocycles. The molecule has 106 valence electrons. The van der Waals surface area contributed by atoms with Gasteiger partial charge in [0.15, 0.2) is 0 Å². The summed E-state index contributed by atoms with van der Waals surface area (Å²) in [6.07, 6.45) is -4.45. The summed E-state index contributed by atoms with van der Waals surface area (Å²) in [7, 11) is 0. The lowest BCUT2D eigenvalue weighted by molar-refractivity contribution is -0.286. The van der Waals surface area contributed by atoms with Gasteiger partial charge < -0.3 is 9.64 Å². The molecular formula is C12H20F3NO2. The summed E-state index contributed by atoms with van der Waals surface area (Å²) in [5, 5.41) is 0. The van der Waals surface area contributed by atoms with Crippen molar-refractivity contribution < 1.29 is 22.7 Å². The summed E-state index contributed by atoms with van der Waals surface area (Å²) in [6, 6.07) is -0.164. The fraction of sp³-hybridized carbons (Fsp3) is 0.917. The van der Waals surface area contributed by atoms with Crippen molar-refractivity contribution >= 4 is 6.09 Å². The number of rotatable bonds is 4. The Hall–Kier alpha value is -0.940. The van der Waals surface area contributed by atoms with Gasteiger partial charge >= 0.3 is 12.3 Å². The second-order valence-electron chi connectivity index (χ2n) is 5.00. The van der Waals surface area contributed by atoms with Crippen LogP contribution in [-0.4, -0.2) is 35.4 Å². The molecule has 1 aliphatic carbocycles. The first-order valence-electron chi connectivity index (χ1n) is 6.30. The smallest absolute Gasteiger partial charge is 0.428 e. The maximum absolute atomic E-state index is 12.9. The molecule has 3 nitrogen and oxygen atoms in total. The molecule has 6 heteroatoms. The lowest BCUT2D eigenvalue weighted by Crippen LogP contribution is -2.56. The van der Waals surface area contributed by atoms with E-state index in [9.17, 15) is 18.0 Å². The molecular weight excluding hydrogens is 247 g/mol. The van der Waals surface area contributed by atoms with E-state index in [1.54, 1.807) is 13.8 Å². The van der Waals surface area contributed by atoms with Crippen molar-refractivity contribution in [1.82, 2.24) is 4.90 Å². The molecule has 0 spiro atoms. The highest BCUT2D eigenvalue weighted by atomic mass is 19.4. The second kappa shape index (κ2) is 5.36. The predicted molar refractivity (Wildman–Crippen MR) is 61.3 cm³/mol. The number of carbonyl (C=O) groups excluding carboxylic acids is 1. The van der Waals surface area contributed by atoms with Crippen LogP contribution in [-0.2, 0) is 4.74 Å². The summed E-state index contributed by atoms with van der Waals surface area (Å²) < 4.78 is 43.4. The van der Waals surface area contributed by atoms with Crippen LogP contribution in [0.2, 0.25) is 0 Å². The van der Waals surface area contributed by atoms with Gasteiger partial charge in [-0.2, -0.15) is 13.2 Å². The van der Waals surface area contributed by atoms with Crippen LogP contribution in [0, 0.1) is 0 Å². The fourth-order valence-corrected chi connectivity index (χ4v) is 1.97. The molecule has 1 rings (SSSR count). The summed E-state index contributed by atoms with van der Waals surface area (Å²) in [4.78, 5) is 13.2. The van der Waals surface area contributed by atoms with Crippen LogP contribution in [0.15, 0.2) is 0 Å². The van der Waals surface area contributed by atoms with Gasteiger partial charge in [0.25, 0.3) is 0 Å². The zero-order valence-electron chi connectivity index (χ0n) is 11.0. The molecule has 0 radical (unpaired) electrons. The van der Waals surface area contributed by atoms with E-state index in [1.807, 2.05) is 6.92 Å². The van der Waals surface area contributed by atoms with E-state index < -0.39 is 17.9 Å². The largest absolute Gasteiger partial charge is 0.433 e. The minimum atomic E-state index is -4.48. The van der Waals surface area contributed by atoms with Crippen molar-refractivity contribution in [3.63, 3.8) is 0 Å². The highest BCUT2D eigenvalue weighted by Crippen LogP contribution is 2.48. The van der Waals surface area contributed by atoms with Crippen LogP contribution in [0.5, 0.6) is 0 Å². The molecule has 0 unspecified atom stereocenters. The first-order valence-corrected chi connectivity index (χ1v) is 6.30. The van der Waals surface area contributed by atoms with Crippen molar-refractivity contribution in [2.45, 2.75) is 64.3 Å². The Labute approximate surface area is 105 Å². The summed E-state index contributed by atoms with van der Waals surface area (Å²) >= 11 is 0. The van der Waals surface area contributed by atoms with Gasteiger partial charge in [-0.25, -0.2) is 4.79 Å². The van der Waals surface area contributed by atoms with Crippen LogP contribution in [0.1, 0.15) is 46.5 Å². The third-order valence-corrected chi connectivity index (χ3v) is 3.28. The van der Waals surface area contributed by atoms with E-state index in [-0.39, 0.29) is 18.9 Å². The number of amides is 1. The van der Waals surface area contributed by atoms with Gasteiger partial charge in [-0.3, -0.25) is 0 Å². The summed E-state index contributed by atoms with van der Waals surface area (Å²) in [6.45, 7) is 5.80. The van der Waals surface area contributed by atoms with Crippen LogP contribution in [0.25, 0.3) is 0 Å². The topological polar surface area (TPSA) is 29.5 Å². The fourth-order valence-electron chi connectivity index (χ4n) is 1.97. The van der Waals surface area contributed by atoms with Gasteiger partial charge in [0.1, 0.15) is 0 Å². The van der Waals surface area contributed by atoms with Crippen molar-refractivity contribution in [2.24, 2.45) is 0 Å². The minimum absolute atomic E-state index is 0.125. The van der Waals surface area contributed by atoms with Crippen molar-refractivity contribution in [3.8, 4) is 0 Å². The molecule has 1 aliphatic rings. The number of alkyl halides is 3. The van der Waals surface area contributed by atoms with E-state index in [4.69, 9.17) is 4.74 Å². The molecule has 1 amide bonds. The molecule has 0 heterocycles. The van der Waals surface area contributed by atoms with Crippen LogP contribution in [0.4, 0.5) is 18.0 Å². The molecule has 0 aromatic heterocycles. The third-order valence-electron chi connectivity index (χ3n) is 3.28. The van der Waals surface area contributed by atoms with Crippen molar-refractivity contribution in [1.29, 1.82) is 0 Å². The minimum Gasteiger partial charge on any atom is -0.433 e. The predicted octanol–water partition coefficient (Wildman–Crippen LogP) is 3.73. The van der Waals surface area contributed by atoms with Gasteiger partial charge in [-0.05, 0) is 39.5 Å². The number of ether oxygens (including phenoxy) is 1. The van der Waals surface area contributed by atoms with Crippen LogP contribution < -0.4 is 0 Å². The van der Waals surface area contributed by atoms with Gasteiger partial charge in [0, 0.05) is 12.6 Å². The lowest BCUT2D eigenvalue weighted by Gasteiger charge is -2.43. The van der Waals surface area contributed by atoms with Gasteiger partial charge in [-0.15, -0.1) is 0 Å². The van der Waals surface area contributed by atoms with Gasteiger partial charge in [-0.1, -0.05) is 6.92 Å². The number of hydrogen-bond donors (Lipinski definition) is 0. The SMILES string of the molecule is CCCN(C(=O)OC1(C(F)(F)F)CCC1)C(C)C. The molecule has 1 saturated carbocycles. The summed E-state index contributed by atoms with van der Waals surface area (Å²) in [5.41, 5.74) is -2.25. The zero-order chi connectivity index (χ0) is 14.0. The molecule has 0 atom stereocenters. The lowest BCUT2D eigenvalue weighted by atomic mass is 9.79. The summed E-state index contributed by atoms with van der Waals surface area (Å²) in [5.74, 6) is 0. The third kappa shape index (κ3) is 2.90. The van der Waals surface area contributed by atoms with Crippen LogP contribution >= 0.6 is 0 Å². The highest BCUT2D eigenvalue weighted by molar-refractivity contribution is 5.68. The Bertz CT molecular complexity index is 298. The number of hydrogen-bond acceptors (Lipinski definition) is 2. The molecule has 0 aromatic rings. The quantitative estimate of drug-likeness (QED) is 0.776. The van der Waals surface area contributed by atoms with Gasteiger partial charge in [0.05, 0.1) is 0 Å². The van der Waals surface area contributed by atoms with Crippen molar-refractivity contribution in [2.75, 3.05) is 6.54 Å². The van der Waals surface area contributed by atoms with E-state index in [1.165, 1.54) is 4.90 Å².